The number of nitrogens with one attached hydrogen (secondary N) is 1. The van der Waals surface area contributed by atoms with Crippen molar-refractivity contribution >= 4 is 27.3 Å². The summed E-state index contributed by atoms with van der Waals surface area (Å²) >= 11 is 5.18. The van der Waals surface area contributed by atoms with E-state index in [1.807, 2.05) is 23.7 Å². The molecule has 2 atom stereocenters. The third-order valence-electron chi connectivity index (χ3n) is 3.24. The first-order valence-corrected chi connectivity index (χ1v) is 8.04. The van der Waals surface area contributed by atoms with E-state index in [0.29, 0.717) is 6.04 Å². The summed E-state index contributed by atoms with van der Waals surface area (Å²) < 4.78 is 7.18. The number of rotatable bonds is 3. The van der Waals surface area contributed by atoms with Crippen LogP contribution in [0.4, 0.5) is 0 Å². The molecular formula is C14H15BrN2OS. The van der Waals surface area contributed by atoms with Crippen molar-refractivity contribution in [2.24, 2.45) is 0 Å². The Morgan fingerprint density at radius 3 is 3.16 bits per heavy atom. The van der Waals surface area contributed by atoms with E-state index in [4.69, 9.17) is 4.74 Å². The number of ether oxygens (including phenoxy) is 1. The molecule has 2 unspecified atom stereocenters. The number of aromatic nitrogens is 1. The third kappa shape index (κ3) is 2.68. The lowest BCUT2D eigenvalue weighted by Gasteiger charge is -2.31. The minimum Gasteiger partial charge on any atom is -0.483 e. The Morgan fingerprint density at radius 2 is 2.42 bits per heavy atom. The van der Waals surface area contributed by atoms with Crippen LogP contribution in [0.2, 0.25) is 0 Å². The maximum atomic E-state index is 6.09. The van der Waals surface area contributed by atoms with Crippen molar-refractivity contribution in [1.82, 2.24) is 10.3 Å². The maximum Gasteiger partial charge on any atom is 0.152 e. The SMILES string of the molecule is CCNC1CC(c2nccs2)Oc2ccc(Br)cc21. The monoisotopic (exact) mass is 338 g/mol. The molecule has 1 aliphatic heterocycles. The van der Waals surface area contributed by atoms with Gasteiger partial charge in [0, 0.05) is 34.1 Å². The van der Waals surface area contributed by atoms with Crippen LogP contribution in [-0.2, 0) is 0 Å². The lowest BCUT2D eigenvalue weighted by Crippen LogP contribution is -2.29. The van der Waals surface area contributed by atoms with E-state index in [1.165, 1.54) is 5.56 Å². The predicted octanol–water partition coefficient (Wildman–Crippen LogP) is 4.08. The average Bonchev–Trinajstić information content (AvgIpc) is 2.93. The summed E-state index contributed by atoms with van der Waals surface area (Å²) in [6, 6.07) is 6.51. The van der Waals surface area contributed by atoms with Crippen molar-refractivity contribution in [3.05, 3.63) is 44.8 Å². The molecule has 1 aromatic heterocycles. The number of thiazole rings is 1. The quantitative estimate of drug-likeness (QED) is 0.915. The van der Waals surface area contributed by atoms with Crippen LogP contribution in [0.25, 0.3) is 0 Å². The smallest absolute Gasteiger partial charge is 0.152 e. The van der Waals surface area contributed by atoms with E-state index in [-0.39, 0.29) is 6.10 Å². The minimum absolute atomic E-state index is 0.0534. The van der Waals surface area contributed by atoms with Crippen LogP contribution >= 0.6 is 27.3 Å². The number of hydrogen-bond donors (Lipinski definition) is 1. The van der Waals surface area contributed by atoms with Gasteiger partial charge in [0.1, 0.15) is 10.8 Å². The third-order valence-corrected chi connectivity index (χ3v) is 4.60. The molecule has 0 bridgehead atoms. The summed E-state index contributed by atoms with van der Waals surface area (Å²) in [5, 5.41) is 6.59. The van der Waals surface area contributed by atoms with E-state index in [9.17, 15) is 0 Å². The van der Waals surface area contributed by atoms with Crippen molar-refractivity contribution in [3.63, 3.8) is 0 Å². The zero-order chi connectivity index (χ0) is 13.2. The topological polar surface area (TPSA) is 34.2 Å². The second-order valence-corrected chi connectivity index (χ2v) is 6.35. The van der Waals surface area contributed by atoms with Crippen LogP contribution in [0.15, 0.2) is 34.2 Å². The second-order valence-electron chi connectivity index (χ2n) is 4.50. The van der Waals surface area contributed by atoms with E-state index in [0.717, 1.165) is 28.2 Å². The van der Waals surface area contributed by atoms with E-state index in [1.54, 1.807) is 11.3 Å². The van der Waals surface area contributed by atoms with E-state index >= 15 is 0 Å². The van der Waals surface area contributed by atoms with Crippen molar-refractivity contribution in [2.45, 2.75) is 25.5 Å². The number of benzene rings is 1. The number of nitrogens with zero attached hydrogens (tertiary/aromatic N) is 1. The van der Waals surface area contributed by atoms with Gasteiger partial charge in [-0.3, -0.25) is 0 Å². The van der Waals surface area contributed by atoms with Crippen molar-refractivity contribution in [1.29, 1.82) is 0 Å². The molecule has 0 spiro atoms. The van der Waals surface area contributed by atoms with Crippen LogP contribution in [-0.4, -0.2) is 11.5 Å². The minimum atomic E-state index is 0.0534. The van der Waals surface area contributed by atoms with Crippen LogP contribution in [0, 0.1) is 0 Å². The molecule has 3 nitrogen and oxygen atoms in total. The molecule has 1 aromatic carbocycles. The van der Waals surface area contributed by atoms with Crippen LogP contribution < -0.4 is 10.1 Å². The first-order valence-electron chi connectivity index (χ1n) is 6.36. The van der Waals surface area contributed by atoms with Gasteiger partial charge in [0.05, 0.1) is 0 Å². The zero-order valence-electron chi connectivity index (χ0n) is 10.6. The van der Waals surface area contributed by atoms with Gasteiger partial charge in [0.15, 0.2) is 6.10 Å². The molecule has 3 rings (SSSR count). The zero-order valence-corrected chi connectivity index (χ0v) is 13.0. The largest absolute Gasteiger partial charge is 0.483 e. The van der Waals surface area contributed by atoms with Gasteiger partial charge in [-0.15, -0.1) is 11.3 Å². The summed E-state index contributed by atoms with van der Waals surface area (Å²) in [5.74, 6) is 0.959. The van der Waals surface area contributed by atoms with Gasteiger partial charge < -0.3 is 10.1 Å². The van der Waals surface area contributed by atoms with E-state index < -0.39 is 0 Å². The summed E-state index contributed by atoms with van der Waals surface area (Å²) in [6.45, 7) is 3.08. The molecule has 1 N–H and O–H groups in total. The summed E-state index contributed by atoms with van der Waals surface area (Å²) in [5.41, 5.74) is 1.23. The normalized spacial score (nSPS) is 21.8. The van der Waals surface area contributed by atoms with Gasteiger partial charge >= 0.3 is 0 Å². The lowest BCUT2D eigenvalue weighted by atomic mass is 9.96. The Labute approximate surface area is 125 Å². The number of fused-ring (bicyclic) bond motifs is 1. The molecule has 0 fully saturated rings. The molecule has 0 aliphatic carbocycles. The van der Waals surface area contributed by atoms with Crippen molar-refractivity contribution < 1.29 is 4.74 Å². The summed E-state index contributed by atoms with van der Waals surface area (Å²) in [6.07, 6.45) is 2.81. The molecule has 2 aromatic rings. The number of hydrogen-bond acceptors (Lipinski definition) is 4. The molecule has 2 heterocycles. The Kier molecular flexibility index (Phi) is 3.86. The first-order chi connectivity index (χ1) is 9.28. The highest BCUT2D eigenvalue weighted by Crippen LogP contribution is 2.42. The van der Waals surface area contributed by atoms with Gasteiger partial charge in [0.2, 0.25) is 0 Å². The average molecular weight is 339 g/mol. The summed E-state index contributed by atoms with van der Waals surface area (Å²) in [7, 11) is 0. The lowest BCUT2D eigenvalue weighted by molar-refractivity contribution is 0.151. The van der Waals surface area contributed by atoms with Crippen molar-refractivity contribution in [2.75, 3.05) is 6.54 Å². The molecule has 19 heavy (non-hydrogen) atoms. The van der Waals surface area contributed by atoms with Crippen LogP contribution in [0.5, 0.6) is 5.75 Å². The van der Waals surface area contributed by atoms with Gasteiger partial charge in [0.25, 0.3) is 0 Å². The van der Waals surface area contributed by atoms with Gasteiger partial charge in [-0.1, -0.05) is 22.9 Å². The van der Waals surface area contributed by atoms with Crippen LogP contribution in [0.1, 0.15) is 36.1 Å². The van der Waals surface area contributed by atoms with Crippen LogP contribution in [0.3, 0.4) is 0 Å². The second kappa shape index (κ2) is 5.61. The fourth-order valence-electron chi connectivity index (χ4n) is 2.43. The number of halogens is 1. The Morgan fingerprint density at radius 1 is 1.53 bits per heavy atom. The highest BCUT2D eigenvalue weighted by molar-refractivity contribution is 9.10. The highest BCUT2D eigenvalue weighted by atomic mass is 79.9. The van der Waals surface area contributed by atoms with Crippen molar-refractivity contribution in [3.8, 4) is 5.75 Å². The van der Waals surface area contributed by atoms with E-state index in [2.05, 4.69) is 39.2 Å². The fourth-order valence-corrected chi connectivity index (χ4v) is 3.48. The Hall–Kier alpha value is -0.910. The predicted molar refractivity (Wildman–Crippen MR) is 80.7 cm³/mol. The molecule has 0 amide bonds. The molecule has 0 saturated heterocycles. The van der Waals surface area contributed by atoms with Gasteiger partial charge in [-0.25, -0.2) is 4.98 Å². The summed E-state index contributed by atoms with van der Waals surface area (Å²) in [4.78, 5) is 4.38. The molecule has 0 radical (unpaired) electrons. The molecule has 0 saturated carbocycles. The molecule has 100 valence electrons. The van der Waals surface area contributed by atoms with Gasteiger partial charge in [-0.05, 0) is 24.7 Å². The Balaban J connectivity index is 1.95. The maximum absolute atomic E-state index is 6.09. The first kappa shape index (κ1) is 13.1. The molecular weight excluding hydrogens is 324 g/mol. The van der Waals surface area contributed by atoms with Gasteiger partial charge in [-0.2, -0.15) is 0 Å². The standard InChI is InChI=1S/C14H15BrN2OS/c1-2-16-11-8-13(14-17-5-6-19-14)18-12-4-3-9(15)7-10(11)12/h3-7,11,13,16H,2,8H2,1H3. The fraction of sp³-hybridized carbons (Fsp3) is 0.357. The Bertz CT molecular complexity index is 559. The molecule has 5 heteroatoms. The molecule has 1 aliphatic rings. The highest BCUT2D eigenvalue weighted by Gasteiger charge is 2.30.